The van der Waals surface area contributed by atoms with Crippen molar-refractivity contribution in [2.75, 3.05) is 0 Å². The van der Waals surface area contributed by atoms with Gasteiger partial charge in [-0.3, -0.25) is 0 Å². The van der Waals surface area contributed by atoms with Crippen molar-refractivity contribution in [2.24, 2.45) is 11.7 Å². The van der Waals surface area contributed by atoms with E-state index in [1.54, 1.807) is 0 Å². The second-order valence-corrected chi connectivity index (χ2v) is 4.34. The summed E-state index contributed by atoms with van der Waals surface area (Å²) in [6, 6.07) is 0. The predicted molar refractivity (Wildman–Crippen MR) is 49.4 cm³/mol. The molecule has 0 bridgehead atoms. The zero-order valence-corrected chi connectivity index (χ0v) is 7.85. The topological polar surface area (TPSA) is 26.0 Å². The number of rotatable bonds is 1. The van der Waals surface area contributed by atoms with Crippen LogP contribution in [-0.2, 0) is 0 Å². The third-order valence-corrected chi connectivity index (χ3v) is 2.69. The summed E-state index contributed by atoms with van der Waals surface area (Å²) >= 11 is 0. The minimum absolute atomic E-state index is 0.0111. The van der Waals surface area contributed by atoms with Gasteiger partial charge in [0.05, 0.1) is 0 Å². The number of hydrogen-bond donors (Lipinski definition) is 1. The highest BCUT2D eigenvalue weighted by Crippen LogP contribution is 2.29. The van der Waals surface area contributed by atoms with Crippen molar-refractivity contribution >= 4 is 0 Å². The van der Waals surface area contributed by atoms with E-state index in [1.165, 1.54) is 24.8 Å². The van der Waals surface area contributed by atoms with Crippen molar-refractivity contribution in [3.8, 4) is 0 Å². The number of hydrogen-bond acceptors (Lipinski definition) is 1. The van der Waals surface area contributed by atoms with Gasteiger partial charge in [-0.05, 0) is 46.0 Å². The Bertz CT molecular complexity index is 162. The lowest BCUT2D eigenvalue weighted by Gasteiger charge is -2.32. The molecule has 0 saturated heterocycles. The van der Waals surface area contributed by atoms with Crippen LogP contribution in [0.3, 0.4) is 0 Å². The first-order valence-electron chi connectivity index (χ1n) is 4.44. The predicted octanol–water partition coefficient (Wildman–Crippen LogP) is 2.47. The lowest BCUT2D eigenvalue weighted by Crippen LogP contribution is -2.41. The average molecular weight is 153 g/mol. The molecule has 0 aliphatic heterocycles. The molecule has 1 atom stereocenters. The molecule has 0 saturated carbocycles. The highest BCUT2D eigenvalue weighted by Gasteiger charge is 2.25. The van der Waals surface area contributed by atoms with Crippen LogP contribution < -0.4 is 5.73 Å². The first-order valence-corrected chi connectivity index (χ1v) is 4.44. The van der Waals surface area contributed by atoms with Crippen molar-refractivity contribution in [2.45, 2.75) is 45.6 Å². The summed E-state index contributed by atoms with van der Waals surface area (Å²) in [5.41, 5.74) is 7.57. The molecule has 0 fully saturated rings. The summed E-state index contributed by atoms with van der Waals surface area (Å²) in [4.78, 5) is 0. The molecule has 0 unspecified atom stereocenters. The Balaban J connectivity index is 2.54. The molecule has 0 amide bonds. The summed E-state index contributed by atoms with van der Waals surface area (Å²) in [7, 11) is 0. The van der Waals surface area contributed by atoms with Crippen molar-refractivity contribution < 1.29 is 0 Å². The van der Waals surface area contributed by atoms with Gasteiger partial charge in [-0.25, -0.2) is 0 Å². The van der Waals surface area contributed by atoms with Gasteiger partial charge in [-0.15, -0.1) is 0 Å². The van der Waals surface area contributed by atoms with E-state index in [2.05, 4.69) is 26.8 Å². The van der Waals surface area contributed by atoms with Crippen molar-refractivity contribution in [3.63, 3.8) is 0 Å². The van der Waals surface area contributed by atoms with Crippen LogP contribution in [0.25, 0.3) is 0 Å². The Hall–Kier alpha value is -0.300. The summed E-state index contributed by atoms with van der Waals surface area (Å²) < 4.78 is 0. The molecule has 1 heteroatoms. The summed E-state index contributed by atoms with van der Waals surface area (Å²) in [5.74, 6) is 0.686. The van der Waals surface area contributed by atoms with Gasteiger partial charge in [0.2, 0.25) is 0 Å². The lowest BCUT2D eigenvalue weighted by molar-refractivity contribution is 0.294. The molecular weight excluding hydrogens is 134 g/mol. The van der Waals surface area contributed by atoms with Crippen LogP contribution in [0.15, 0.2) is 11.6 Å². The summed E-state index contributed by atoms with van der Waals surface area (Å²) in [6.45, 7) is 6.47. The van der Waals surface area contributed by atoms with Gasteiger partial charge in [0.15, 0.2) is 0 Å². The maximum Gasteiger partial charge on any atom is 0.0128 e. The summed E-state index contributed by atoms with van der Waals surface area (Å²) in [6.07, 6.45) is 6.02. The molecule has 1 rings (SSSR count). The minimum Gasteiger partial charge on any atom is -0.325 e. The zero-order valence-electron chi connectivity index (χ0n) is 7.85. The molecule has 0 radical (unpaired) electrons. The fourth-order valence-corrected chi connectivity index (χ4v) is 1.64. The van der Waals surface area contributed by atoms with E-state index < -0.39 is 0 Å². The SMILES string of the molecule is CC1=CC[C@@H](C(C)(C)N)CC1. The van der Waals surface area contributed by atoms with Gasteiger partial charge in [-0.1, -0.05) is 11.6 Å². The van der Waals surface area contributed by atoms with Crippen molar-refractivity contribution in [1.82, 2.24) is 0 Å². The van der Waals surface area contributed by atoms with E-state index >= 15 is 0 Å². The second kappa shape index (κ2) is 2.98. The zero-order chi connectivity index (χ0) is 8.48. The molecule has 0 spiro atoms. The van der Waals surface area contributed by atoms with E-state index in [4.69, 9.17) is 5.73 Å². The standard InChI is InChI=1S/C10H19N/c1-8-4-6-9(7-5-8)10(2,3)11/h4,9H,5-7,11H2,1-3H3/t9-/m1/s1. The highest BCUT2D eigenvalue weighted by atomic mass is 14.7. The van der Waals surface area contributed by atoms with Crippen LogP contribution in [0.1, 0.15) is 40.0 Å². The van der Waals surface area contributed by atoms with Crippen molar-refractivity contribution in [1.29, 1.82) is 0 Å². The smallest absolute Gasteiger partial charge is 0.0128 e. The van der Waals surface area contributed by atoms with Crippen LogP contribution >= 0.6 is 0 Å². The largest absolute Gasteiger partial charge is 0.325 e. The molecule has 0 heterocycles. The summed E-state index contributed by atoms with van der Waals surface area (Å²) in [5, 5.41) is 0. The van der Waals surface area contributed by atoms with Crippen LogP contribution in [0, 0.1) is 5.92 Å². The van der Waals surface area contributed by atoms with E-state index in [-0.39, 0.29) is 5.54 Å². The fraction of sp³-hybridized carbons (Fsp3) is 0.800. The molecule has 1 nitrogen and oxygen atoms in total. The molecule has 2 N–H and O–H groups in total. The van der Waals surface area contributed by atoms with Crippen LogP contribution in [0.4, 0.5) is 0 Å². The van der Waals surface area contributed by atoms with Gasteiger partial charge in [-0.2, -0.15) is 0 Å². The van der Waals surface area contributed by atoms with Crippen LogP contribution in [0.2, 0.25) is 0 Å². The first-order chi connectivity index (χ1) is 5.00. The second-order valence-electron chi connectivity index (χ2n) is 4.34. The normalized spacial score (nSPS) is 26.5. The molecule has 0 aromatic heterocycles. The van der Waals surface area contributed by atoms with Gasteiger partial charge < -0.3 is 5.73 Å². The highest BCUT2D eigenvalue weighted by molar-refractivity contribution is 5.05. The van der Waals surface area contributed by atoms with E-state index in [1.807, 2.05) is 0 Å². The maximum absolute atomic E-state index is 6.03. The maximum atomic E-state index is 6.03. The minimum atomic E-state index is 0.0111. The average Bonchev–Trinajstić information content (AvgIpc) is 1.86. The molecule has 11 heavy (non-hydrogen) atoms. The third-order valence-electron chi connectivity index (χ3n) is 2.69. The Morgan fingerprint density at radius 3 is 2.55 bits per heavy atom. The van der Waals surface area contributed by atoms with Gasteiger partial charge in [0.25, 0.3) is 0 Å². The number of allylic oxidation sites excluding steroid dienone is 2. The van der Waals surface area contributed by atoms with Gasteiger partial charge >= 0.3 is 0 Å². The molecule has 64 valence electrons. The Morgan fingerprint density at radius 2 is 2.18 bits per heavy atom. The lowest BCUT2D eigenvalue weighted by atomic mass is 9.78. The van der Waals surface area contributed by atoms with E-state index in [0.717, 1.165) is 0 Å². The van der Waals surface area contributed by atoms with E-state index in [0.29, 0.717) is 5.92 Å². The monoisotopic (exact) mass is 153 g/mol. The van der Waals surface area contributed by atoms with Crippen LogP contribution in [-0.4, -0.2) is 5.54 Å². The molecule has 0 aromatic rings. The molecule has 1 aliphatic rings. The first kappa shape index (κ1) is 8.79. The quantitative estimate of drug-likeness (QED) is 0.575. The number of nitrogens with two attached hydrogens (primary N) is 1. The van der Waals surface area contributed by atoms with E-state index in [9.17, 15) is 0 Å². The Morgan fingerprint density at radius 1 is 1.55 bits per heavy atom. The fourth-order valence-electron chi connectivity index (χ4n) is 1.64. The Labute approximate surface area is 69.7 Å². The van der Waals surface area contributed by atoms with Gasteiger partial charge in [0, 0.05) is 5.54 Å². The van der Waals surface area contributed by atoms with Crippen molar-refractivity contribution in [3.05, 3.63) is 11.6 Å². The molecule has 0 aromatic carbocycles. The van der Waals surface area contributed by atoms with Crippen LogP contribution in [0.5, 0.6) is 0 Å². The Kier molecular flexibility index (Phi) is 2.38. The van der Waals surface area contributed by atoms with Gasteiger partial charge in [0.1, 0.15) is 0 Å². The molecule has 1 aliphatic carbocycles. The molecular formula is C10H19N. The third kappa shape index (κ3) is 2.33.